The molecule has 0 spiro atoms. The monoisotopic (exact) mass is 409 g/mol. The van der Waals surface area contributed by atoms with Crippen LogP contribution in [0.5, 0.6) is 0 Å². The van der Waals surface area contributed by atoms with E-state index in [-0.39, 0.29) is 11.8 Å². The highest BCUT2D eigenvalue weighted by molar-refractivity contribution is 8.01. The number of anilines is 1. The van der Waals surface area contributed by atoms with Crippen LogP contribution in [-0.2, 0) is 4.79 Å². The Kier molecular flexibility index (Phi) is 6.07. The Hall–Kier alpha value is -2.18. The molecule has 1 aliphatic carbocycles. The Morgan fingerprint density at radius 3 is 2.32 bits per heavy atom. The minimum atomic E-state index is -0.103. The molecule has 0 bridgehead atoms. The third-order valence-corrected chi connectivity index (χ3v) is 7.30. The van der Waals surface area contributed by atoms with Crippen LogP contribution >= 0.6 is 23.1 Å². The number of benzene rings is 2. The molecule has 1 aromatic heterocycles. The number of hydrogen-bond acceptors (Lipinski definition) is 5. The minimum absolute atomic E-state index is 0.0245. The molecule has 2 aromatic carbocycles. The summed E-state index contributed by atoms with van der Waals surface area (Å²) in [5.41, 5.74) is 2.37. The molecule has 1 aliphatic rings. The maximum absolute atomic E-state index is 12.9. The average molecular weight is 410 g/mol. The van der Waals surface area contributed by atoms with Gasteiger partial charge in [0.25, 0.3) is 0 Å². The SMILES string of the molecule is CCC(Sc1nnc(NC(=O)C(c2ccccc2)C2CC2)s1)c1ccccc1. The fraction of sp³-hybridized carbons (Fsp3) is 0.318. The fourth-order valence-electron chi connectivity index (χ4n) is 3.40. The highest BCUT2D eigenvalue weighted by Gasteiger charge is 2.37. The normalized spacial score (nSPS) is 15.8. The lowest BCUT2D eigenvalue weighted by Crippen LogP contribution is -2.22. The Morgan fingerprint density at radius 1 is 1.07 bits per heavy atom. The van der Waals surface area contributed by atoms with Crippen LogP contribution in [0.25, 0.3) is 0 Å². The molecule has 1 saturated carbocycles. The molecule has 4 rings (SSSR count). The predicted molar refractivity (Wildman–Crippen MR) is 116 cm³/mol. The number of aromatic nitrogens is 2. The van der Waals surface area contributed by atoms with Crippen molar-refractivity contribution in [3.63, 3.8) is 0 Å². The Bertz CT molecular complexity index is 910. The summed E-state index contributed by atoms with van der Waals surface area (Å²) in [4.78, 5) is 12.9. The van der Waals surface area contributed by atoms with E-state index in [1.165, 1.54) is 16.9 Å². The highest BCUT2D eigenvalue weighted by Crippen LogP contribution is 2.44. The first-order valence-corrected chi connectivity index (χ1v) is 11.3. The first-order valence-electron chi connectivity index (χ1n) is 9.65. The van der Waals surface area contributed by atoms with E-state index in [2.05, 4.69) is 46.7 Å². The van der Waals surface area contributed by atoms with E-state index in [1.807, 2.05) is 36.4 Å². The Labute approximate surface area is 173 Å². The summed E-state index contributed by atoms with van der Waals surface area (Å²) in [6.07, 6.45) is 3.23. The van der Waals surface area contributed by atoms with Crippen molar-refractivity contribution >= 4 is 34.1 Å². The fourth-order valence-corrected chi connectivity index (χ4v) is 5.44. The van der Waals surface area contributed by atoms with Crippen molar-refractivity contribution in [3.8, 4) is 0 Å². The van der Waals surface area contributed by atoms with Gasteiger partial charge >= 0.3 is 0 Å². The molecule has 28 heavy (non-hydrogen) atoms. The third kappa shape index (κ3) is 4.62. The summed E-state index contributed by atoms with van der Waals surface area (Å²) in [5, 5.41) is 12.4. The molecule has 0 aliphatic heterocycles. The number of amides is 1. The van der Waals surface area contributed by atoms with Gasteiger partial charge < -0.3 is 0 Å². The number of thioether (sulfide) groups is 1. The van der Waals surface area contributed by atoms with Crippen molar-refractivity contribution in [2.45, 2.75) is 41.7 Å². The summed E-state index contributed by atoms with van der Waals surface area (Å²) < 4.78 is 0.883. The van der Waals surface area contributed by atoms with E-state index in [0.29, 0.717) is 16.3 Å². The molecule has 0 saturated heterocycles. The molecular formula is C22H23N3OS2. The van der Waals surface area contributed by atoms with Crippen molar-refractivity contribution < 1.29 is 4.79 Å². The van der Waals surface area contributed by atoms with E-state index < -0.39 is 0 Å². The van der Waals surface area contributed by atoms with Crippen LogP contribution in [0.2, 0.25) is 0 Å². The third-order valence-electron chi connectivity index (χ3n) is 4.96. The second-order valence-electron chi connectivity index (χ2n) is 7.01. The Morgan fingerprint density at radius 2 is 1.71 bits per heavy atom. The van der Waals surface area contributed by atoms with Gasteiger partial charge in [-0.2, -0.15) is 0 Å². The van der Waals surface area contributed by atoms with Crippen molar-refractivity contribution in [2.24, 2.45) is 5.92 Å². The summed E-state index contributed by atoms with van der Waals surface area (Å²) in [7, 11) is 0. The summed E-state index contributed by atoms with van der Waals surface area (Å²) in [6.45, 7) is 2.18. The van der Waals surface area contributed by atoms with E-state index in [0.717, 1.165) is 29.2 Å². The molecular weight excluding hydrogens is 386 g/mol. The standard InChI is InChI=1S/C22H23N3OS2/c1-2-18(15-9-5-3-6-10-15)27-22-25-24-21(28-22)23-20(26)19(17-13-14-17)16-11-7-4-8-12-16/h3-12,17-19H,2,13-14H2,1H3,(H,23,24,26). The van der Waals surface area contributed by atoms with Crippen LogP contribution in [-0.4, -0.2) is 16.1 Å². The Balaban J connectivity index is 1.43. The summed E-state index contributed by atoms with van der Waals surface area (Å²) in [5.74, 6) is 0.358. The van der Waals surface area contributed by atoms with Gasteiger partial charge in [-0.1, -0.05) is 90.7 Å². The largest absolute Gasteiger partial charge is 0.300 e. The molecule has 2 unspecified atom stereocenters. The highest BCUT2D eigenvalue weighted by atomic mass is 32.2. The lowest BCUT2D eigenvalue weighted by molar-refractivity contribution is -0.118. The number of carbonyl (C=O) groups excluding carboxylic acids is 1. The zero-order valence-electron chi connectivity index (χ0n) is 15.7. The van der Waals surface area contributed by atoms with Crippen LogP contribution in [0.1, 0.15) is 48.5 Å². The molecule has 2 atom stereocenters. The zero-order valence-corrected chi connectivity index (χ0v) is 17.4. The van der Waals surface area contributed by atoms with Crippen molar-refractivity contribution in [2.75, 3.05) is 5.32 Å². The lowest BCUT2D eigenvalue weighted by Gasteiger charge is -2.15. The molecule has 6 heteroatoms. The average Bonchev–Trinajstić information content (AvgIpc) is 3.46. The van der Waals surface area contributed by atoms with Gasteiger partial charge in [-0.15, -0.1) is 10.2 Å². The number of carbonyl (C=O) groups is 1. The van der Waals surface area contributed by atoms with Gasteiger partial charge in [-0.25, -0.2) is 0 Å². The van der Waals surface area contributed by atoms with Gasteiger partial charge in [0.2, 0.25) is 11.0 Å². The van der Waals surface area contributed by atoms with E-state index in [9.17, 15) is 4.79 Å². The molecule has 0 radical (unpaired) electrons. The number of rotatable bonds is 8. The van der Waals surface area contributed by atoms with E-state index in [1.54, 1.807) is 11.8 Å². The van der Waals surface area contributed by atoms with Gasteiger partial charge in [0.1, 0.15) is 0 Å². The van der Waals surface area contributed by atoms with Crippen LogP contribution in [0.3, 0.4) is 0 Å². The summed E-state index contributed by atoms with van der Waals surface area (Å²) in [6, 6.07) is 20.5. The molecule has 144 valence electrons. The molecule has 3 aromatic rings. The smallest absolute Gasteiger partial charge is 0.234 e. The number of nitrogens with zero attached hydrogens (tertiary/aromatic N) is 2. The first-order chi connectivity index (χ1) is 13.7. The molecule has 4 nitrogen and oxygen atoms in total. The first kappa shape index (κ1) is 19.2. The maximum atomic E-state index is 12.9. The van der Waals surface area contributed by atoms with Gasteiger partial charge in [-0.3, -0.25) is 10.1 Å². The van der Waals surface area contributed by atoms with E-state index in [4.69, 9.17) is 0 Å². The van der Waals surface area contributed by atoms with Crippen molar-refractivity contribution in [3.05, 3.63) is 71.8 Å². The topological polar surface area (TPSA) is 54.9 Å². The second-order valence-corrected chi connectivity index (χ2v) is 9.44. The van der Waals surface area contributed by atoms with Gasteiger partial charge in [0.05, 0.1) is 5.92 Å². The quantitative estimate of drug-likeness (QED) is 0.371. The van der Waals surface area contributed by atoms with Crippen LogP contribution in [0, 0.1) is 5.92 Å². The van der Waals surface area contributed by atoms with Gasteiger partial charge in [0, 0.05) is 5.25 Å². The van der Waals surface area contributed by atoms with Crippen LogP contribution in [0.4, 0.5) is 5.13 Å². The van der Waals surface area contributed by atoms with E-state index >= 15 is 0 Å². The molecule has 1 N–H and O–H groups in total. The minimum Gasteiger partial charge on any atom is -0.300 e. The number of nitrogens with one attached hydrogen (secondary N) is 1. The van der Waals surface area contributed by atoms with Crippen LogP contribution < -0.4 is 5.32 Å². The van der Waals surface area contributed by atoms with Crippen molar-refractivity contribution in [1.29, 1.82) is 0 Å². The summed E-state index contributed by atoms with van der Waals surface area (Å²) >= 11 is 3.16. The van der Waals surface area contributed by atoms with Crippen molar-refractivity contribution in [1.82, 2.24) is 10.2 Å². The zero-order chi connectivity index (χ0) is 19.3. The van der Waals surface area contributed by atoms with Crippen LogP contribution in [0.15, 0.2) is 65.0 Å². The van der Waals surface area contributed by atoms with Gasteiger partial charge in [0.15, 0.2) is 4.34 Å². The second kappa shape index (κ2) is 8.88. The maximum Gasteiger partial charge on any atom is 0.234 e. The molecule has 1 amide bonds. The predicted octanol–water partition coefficient (Wildman–Crippen LogP) is 5.91. The molecule has 1 heterocycles. The lowest BCUT2D eigenvalue weighted by atomic mass is 9.93. The number of hydrogen-bond donors (Lipinski definition) is 1. The van der Waals surface area contributed by atoms with Gasteiger partial charge in [-0.05, 0) is 36.3 Å². The molecule has 1 fully saturated rings.